The number of urea groups is 1. The van der Waals surface area contributed by atoms with Gasteiger partial charge in [-0.25, -0.2) is 4.79 Å². The summed E-state index contributed by atoms with van der Waals surface area (Å²) in [7, 11) is 0. The molecular formula is C12H24N2O3. The number of rotatable bonds is 5. The quantitative estimate of drug-likeness (QED) is 0.692. The van der Waals surface area contributed by atoms with Gasteiger partial charge in [0.15, 0.2) is 0 Å². The van der Waals surface area contributed by atoms with Gasteiger partial charge < -0.3 is 15.7 Å². The van der Waals surface area contributed by atoms with Crippen LogP contribution in [0.2, 0.25) is 0 Å². The fraction of sp³-hybridized carbons (Fsp3) is 0.833. The van der Waals surface area contributed by atoms with E-state index < -0.39 is 5.97 Å². The molecule has 0 aromatic carbocycles. The molecule has 0 aromatic rings. The second-order valence-corrected chi connectivity index (χ2v) is 5.41. The third-order valence-electron chi connectivity index (χ3n) is 2.90. The Labute approximate surface area is 103 Å². The highest BCUT2D eigenvalue weighted by molar-refractivity contribution is 5.76. The van der Waals surface area contributed by atoms with Crippen LogP contribution >= 0.6 is 0 Å². The molecule has 3 N–H and O–H groups in total. The van der Waals surface area contributed by atoms with Crippen LogP contribution in [0.3, 0.4) is 0 Å². The van der Waals surface area contributed by atoms with E-state index in [1.165, 1.54) is 0 Å². The van der Waals surface area contributed by atoms with Crippen molar-refractivity contribution < 1.29 is 14.7 Å². The van der Waals surface area contributed by atoms with Crippen LogP contribution in [0, 0.1) is 5.41 Å². The van der Waals surface area contributed by atoms with E-state index in [1.54, 1.807) is 0 Å². The maximum Gasteiger partial charge on any atom is 0.315 e. The van der Waals surface area contributed by atoms with Gasteiger partial charge in [0, 0.05) is 12.1 Å². The molecule has 0 aliphatic heterocycles. The van der Waals surface area contributed by atoms with Crippen molar-refractivity contribution >= 4 is 12.0 Å². The van der Waals surface area contributed by atoms with Gasteiger partial charge in [-0.2, -0.15) is 0 Å². The number of nitrogens with one attached hydrogen (secondary N) is 2. The lowest BCUT2D eigenvalue weighted by atomic mass is 9.88. The average Bonchev–Trinajstić information content (AvgIpc) is 2.14. The van der Waals surface area contributed by atoms with E-state index in [2.05, 4.69) is 10.6 Å². The highest BCUT2D eigenvalue weighted by Gasteiger charge is 2.22. The number of hydrogen-bond donors (Lipinski definition) is 3. The first-order chi connectivity index (χ1) is 7.66. The highest BCUT2D eigenvalue weighted by Crippen LogP contribution is 2.18. The Kier molecular flexibility index (Phi) is 5.99. The Hall–Kier alpha value is -1.26. The lowest BCUT2D eigenvalue weighted by Crippen LogP contribution is -2.49. The summed E-state index contributed by atoms with van der Waals surface area (Å²) in [6.45, 7) is 9.88. The van der Waals surface area contributed by atoms with E-state index in [0.29, 0.717) is 6.42 Å². The average molecular weight is 244 g/mol. The zero-order chi connectivity index (χ0) is 13.6. The number of carboxylic acids is 1. The second kappa shape index (κ2) is 6.47. The third kappa shape index (κ3) is 6.81. The SMILES string of the molecule is CCC(CC(=O)O)NC(=O)NC(C)C(C)(C)C. The summed E-state index contributed by atoms with van der Waals surface area (Å²) >= 11 is 0. The van der Waals surface area contributed by atoms with Gasteiger partial charge in [-0.05, 0) is 18.8 Å². The molecule has 0 heterocycles. The monoisotopic (exact) mass is 244 g/mol. The van der Waals surface area contributed by atoms with Gasteiger partial charge in [0.1, 0.15) is 0 Å². The molecule has 5 nitrogen and oxygen atoms in total. The Morgan fingerprint density at radius 2 is 1.76 bits per heavy atom. The Bertz CT molecular complexity index is 271. The van der Waals surface area contributed by atoms with E-state index in [-0.39, 0.29) is 30.0 Å². The third-order valence-corrected chi connectivity index (χ3v) is 2.90. The molecule has 5 heteroatoms. The fourth-order valence-corrected chi connectivity index (χ4v) is 1.15. The van der Waals surface area contributed by atoms with Crippen molar-refractivity contribution in [1.82, 2.24) is 10.6 Å². The molecular weight excluding hydrogens is 220 g/mol. The van der Waals surface area contributed by atoms with Gasteiger partial charge in [0.25, 0.3) is 0 Å². The van der Waals surface area contributed by atoms with E-state index in [1.807, 2.05) is 34.6 Å². The summed E-state index contributed by atoms with van der Waals surface area (Å²) in [5, 5.41) is 14.2. The van der Waals surface area contributed by atoms with Crippen molar-refractivity contribution in [2.45, 2.75) is 59.5 Å². The normalized spacial score (nSPS) is 14.9. The van der Waals surface area contributed by atoms with Crippen molar-refractivity contribution in [1.29, 1.82) is 0 Å². The standard InChI is InChI=1S/C12H24N2O3/c1-6-9(7-10(15)16)14-11(17)13-8(2)12(3,4)5/h8-9H,6-7H2,1-5H3,(H,15,16)(H2,13,14,17). The lowest BCUT2D eigenvalue weighted by Gasteiger charge is -2.28. The predicted molar refractivity (Wildman–Crippen MR) is 66.9 cm³/mol. The van der Waals surface area contributed by atoms with Crippen LogP contribution in [0.25, 0.3) is 0 Å². The van der Waals surface area contributed by atoms with Gasteiger partial charge in [-0.15, -0.1) is 0 Å². The number of aliphatic carboxylic acids is 1. The zero-order valence-electron chi connectivity index (χ0n) is 11.3. The van der Waals surface area contributed by atoms with Gasteiger partial charge in [-0.3, -0.25) is 4.79 Å². The topological polar surface area (TPSA) is 78.4 Å². The molecule has 0 fully saturated rings. The minimum Gasteiger partial charge on any atom is -0.481 e. The van der Waals surface area contributed by atoms with Crippen LogP contribution in [0.5, 0.6) is 0 Å². The van der Waals surface area contributed by atoms with Gasteiger partial charge >= 0.3 is 12.0 Å². The first-order valence-electron chi connectivity index (χ1n) is 5.95. The summed E-state index contributed by atoms with van der Waals surface area (Å²) < 4.78 is 0. The molecule has 2 unspecified atom stereocenters. The van der Waals surface area contributed by atoms with Crippen molar-refractivity contribution in [2.24, 2.45) is 5.41 Å². The number of carbonyl (C=O) groups is 2. The van der Waals surface area contributed by atoms with E-state index in [9.17, 15) is 9.59 Å². The smallest absolute Gasteiger partial charge is 0.315 e. The van der Waals surface area contributed by atoms with Crippen LogP contribution in [0.4, 0.5) is 4.79 Å². The largest absolute Gasteiger partial charge is 0.481 e. The molecule has 0 rings (SSSR count). The van der Waals surface area contributed by atoms with Crippen LogP contribution in [0.15, 0.2) is 0 Å². The van der Waals surface area contributed by atoms with Gasteiger partial charge in [-0.1, -0.05) is 27.7 Å². The second-order valence-electron chi connectivity index (χ2n) is 5.41. The van der Waals surface area contributed by atoms with Crippen molar-refractivity contribution in [3.05, 3.63) is 0 Å². The van der Waals surface area contributed by atoms with Crippen molar-refractivity contribution in [2.75, 3.05) is 0 Å². The molecule has 0 radical (unpaired) electrons. The summed E-state index contributed by atoms with van der Waals surface area (Å²) in [4.78, 5) is 22.2. The number of carbonyl (C=O) groups excluding carboxylic acids is 1. The van der Waals surface area contributed by atoms with Crippen LogP contribution in [0.1, 0.15) is 47.5 Å². The summed E-state index contributed by atoms with van der Waals surface area (Å²) in [6, 6.07) is -0.606. The number of carboxylic acid groups (broad SMARTS) is 1. The first kappa shape index (κ1) is 15.7. The molecule has 0 bridgehead atoms. The minimum absolute atomic E-state index is 0.0184. The van der Waals surface area contributed by atoms with Crippen molar-refractivity contribution in [3.63, 3.8) is 0 Å². The van der Waals surface area contributed by atoms with Crippen LogP contribution in [-0.2, 0) is 4.79 Å². The van der Waals surface area contributed by atoms with E-state index in [4.69, 9.17) is 5.11 Å². The molecule has 2 amide bonds. The Morgan fingerprint density at radius 1 is 1.24 bits per heavy atom. The molecule has 0 spiro atoms. The molecule has 0 aliphatic rings. The molecule has 100 valence electrons. The molecule has 2 atom stereocenters. The molecule has 0 aliphatic carbocycles. The van der Waals surface area contributed by atoms with Gasteiger partial charge in [0.2, 0.25) is 0 Å². The van der Waals surface area contributed by atoms with Crippen LogP contribution in [-0.4, -0.2) is 29.2 Å². The van der Waals surface area contributed by atoms with Crippen LogP contribution < -0.4 is 10.6 Å². The zero-order valence-corrected chi connectivity index (χ0v) is 11.3. The first-order valence-corrected chi connectivity index (χ1v) is 5.95. The predicted octanol–water partition coefficient (Wildman–Crippen LogP) is 1.97. The maximum atomic E-state index is 11.6. The summed E-state index contributed by atoms with van der Waals surface area (Å²) in [6.07, 6.45) is 0.553. The molecule has 0 saturated heterocycles. The molecule has 0 aromatic heterocycles. The lowest BCUT2D eigenvalue weighted by molar-refractivity contribution is -0.137. The Morgan fingerprint density at radius 3 is 2.12 bits per heavy atom. The van der Waals surface area contributed by atoms with E-state index in [0.717, 1.165) is 0 Å². The molecule has 0 saturated carbocycles. The number of amides is 2. The maximum absolute atomic E-state index is 11.6. The number of hydrogen-bond acceptors (Lipinski definition) is 2. The van der Waals surface area contributed by atoms with Crippen molar-refractivity contribution in [3.8, 4) is 0 Å². The molecule has 17 heavy (non-hydrogen) atoms. The summed E-state index contributed by atoms with van der Waals surface area (Å²) in [5.74, 6) is -0.902. The highest BCUT2D eigenvalue weighted by atomic mass is 16.4. The summed E-state index contributed by atoms with van der Waals surface area (Å²) in [5.41, 5.74) is -0.0220. The minimum atomic E-state index is -0.902. The van der Waals surface area contributed by atoms with E-state index >= 15 is 0 Å². The fourth-order valence-electron chi connectivity index (χ4n) is 1.15. The van der Waals surface area contributed by atoms with Gasteiger partial charge in [0.05, 0.1) is 6.42 Å². The Balaban J connectivity index is 4.20.